The van der Waals surface area contributed by atoms with Crippen molar-refractivity contribution in [1.29, 1.82) is 0 Å². The quantitative estimate of drug-likeness (QED) is 0.0991. The monoisotopic (exact) mass is 555 g/mol. The highest BCUT2D eigenvalue weighted by Crippen LogP contribution is 2.17. The number of hydrogen-bond acceptors (Lipinski definition) is 9. The molecule has 0 bridgehead atoms. The van der Waals surface area contributed by atoms with E-state index in [9.17, 15) is 30.3 Å². The zero-order valence-electron chi connectivity index (χ0n) is 23.3. The van der Waals surface area contributed by atoms with Crippen molar-refractivity contribution < 1.29 is 45.1 Å². The third kappa shape index (κ3) is 9.19. The first-order valence-electron chi connectivity index (χ1n) is 13.7. The van der Waals surface area contributed by atoms with Crippen LogP contribution in [-0.4, -0.2) is 121 Å². The van der Waals surface area contributed by atoms with E-state index in [1.807, 2.05) is 19.1 Å². The molecule has 5 atom stereocenters. The molecular weight excluding hydrogens is 508 g/mol. The lowest BCUT2D eigenvalue weighted by atomic mass is 10.0. The Morgan fingerprint density at radius 2 is 1.69 bits per heavy atom. The number of aliphatic hydroxyl groups excluding tert-OH is 7. The molecule has 1 aromatic carbocycles. The molecule has 2 aromatic rings. The van der Waals surface area contributed by atoms with Crippen LogP contribution in [0.3, 0.4) is 0 Å². The van der Waals surface area contributed by atoms with E-state index in [-0.39, 0.29) is 64.6 Å². The van der Waals surface area contributed by atoms with Crippen LogP contribution in [-0.2, 0) is 13.1 Å². The summed E-state index contributed by atoms with van der Waals surface area (Å²) < 4.78 is 4.35. The van der Waals surface area contributed by atoms with Crippen molar-refractivity contribution in [2.75, 3.05) is 39.4 Å². The molecule has 222 valence electrons. The number of aryl methyl sites for hydroxylation is 2. The van der Waals surface area contributed by atoms with E-state index < -0.39 is 30.5 Å². The maximum atomic E-state index is 13.0. The van der Waals surface area contributed by atoms with E-state index in [2.05, 4.69) is 28.3 Å². The Morgan fingerprint density at radius 1 is 1.00 bits per heavy atom. The molecule has 0 fully saturated rings. The van der Waals surface area contributed by atoms with Gasteiger partial charge in [-0.2, -0.15) is 0 Å². The molecule has 2 rings (SSSR count). The number of hydrogen-bond donors (Lipinski definition) is 8. The second-order valence-corrected chi connectivity index (χ2v) is 9.95. The van der Waals surface area contributed by atoms with Crippen molar-refractivity contribution in [3.8, 4) is 0 Å². The van der Waals surface area contributed by atoms with Crippen molar-refractivity contribution in [3.63, 3.8) is 0 Å². The highest BCUT2D eigenvalue weighted by atomic mass is 16.4. The molecule has 8 N–H and O–H groups in total. The van der Waals surface area contributed by atoms with Gasteiger partial charge in [-0.15, -0.1) is 0 Å². The average Bonchev–Trinajstić information content (AvgIpc) is 3.17. The predicted octanol–water partition coefficient (Wildman–Crippen LogP) is -1.73. The Kier molecular flexibility index (Phi) is 13.7. The number of benzene rings is 1. The Bertz CT molecular complexity index is 1030. The predicted molar refractivity (Wildman–Crippen MR) is 145 cm³/mol. The van der Waals surface area contributed by atoms with E-state index in [0.717, 1.165) is 29.9 Å². The standard InChI is InChI=1S/C27H46N4O8/c1-4-30-18(3)31(5-2)23-14-19(6-7-22(23)30)27(39)28-10-11-29(16-21(35)15-20(34)8-12-32)17-25(37)26(38)24(36)9-13-33/h6-7,14,20-21,24-26,32-38H,4-5,8-13,15-17H2,1-3H3/p+1/t20-,21?,24?,25+,26?/m1/s1. The molecule has 0 saturated heterocycles. The van der Waals surface area contributed by atoms with Crippen molar-refractivity contribution in [3.05, 3.63) is 29.6 Å². The lowest BCUT2D eigenvalue weighted by Crippen LogP contribution is -2.48. The third-order valence-electron chi connectivity index (χ3n) is 7.08. The fraction of sp³-hybridized carbons (Fsp3) is 0.704. The molecule has 0 saturated carbocycles. The number of amides is 1. The summed E-state index contributed by atoms with van der Waals surface area (Å²) in [5, 5.41) is 71.8. The molecule has 1 amide bonds. The number of carbonyl (C=O) groups is 1. The lowest BCUT2D eigenvalue weighted by molar-refractivity contribution is -0.674. The Balaban J connectivity index is 2.08. The van der Waals surface area contributed by atoms with Crippen LogP contribution < -0.4 is 9.88 Å². The fourth-order valence-electron chi connectivity index (χ4n) is 4.97. The summed E-state index contributed by atoms with van der Waals surface area (Å²) in [6.07, 6.45) is -6.10. The van der Waals surface area contributed by atoms with Crippen molar-refractivity contribution in [2.45, 2.75) is 83.6 Å². The molecule has 0 radical (unpaired) electrons. The van der Waals surface area contributed by atoms with Crippen LogP contribution >= 0.6 is 0 Å². The van der Waals surface area contributed by atoms with E-state index in [4.69, 9.17) is 10.2 Å². The summed E-state index contributed by atoms with van der Waals surface area (Å²) in [4.78, 5) is 14.6. The lowest BCUT2D eigenvalue weighted by Gasteiger charge is -2.31. The van der Waals surface area contributed by atoms with Crippen molar-refractivity contribution in [1.82, 2.24) is 14.8 Å². The third-order valence-corrected chi connectivity index (χ3v) is 7.08. The molecule has 0 aliphatic rings. The van der Waals surface area contributed by atoms with E-state index in [1.54, 1.807) is 11.0 Å². The Morgan fingerprint density at radius 3 is 2.31 bits per heavy atom. The summed E-state index contributed by atoms with van der Waals surface area (Å²) in [5.41, 5.74) is 2.52. The van der Waals surface area contributed by atoms with Gasteiger partial charge >= 0.3 is 0 Å². The Labute approximate surface area is 229 Å². The van der Waals surface area contributed by atoms with Gasteiger partial charge in [0.1, 0.15) is 6.10 Å². The smallest absolute Gasteiger partial charge is 0.254 e. The normalized spacial score (nSPS) is 15.9. The van der Waals surface area contributed by atoms with Gasteiger partial charge in [-0.3, -0.25) is 9.69 Å². The highest BCUT2D eigenvalue weighted by molar-refractivity contribution is 5.97. The van der Waals surface area contributed by atoms with E-state index in [0.29, 0.717) is 5.56 Å². The van der Waals surface area contributed by atoms with E-state index in [1.165, 1.54) is 0 Å². The van der Waals surface area contributed by atoms with Crippen LogP contribution in [0.4, 0.5) is 0 Å². The summed E-state index contributed by atoms with van der Waals surface area (Å²) in [7, 11) is 0. The summed E-state index contributed by atoms with van der Waals surface area (Å²) in [6, 6.07) is 5.57. The first-order valence-corrected chi connectivity index (χ1v) is 13.7. The van der Waals surface area contributed by atoms with Crippen molar-refractivity contribution in [2.24, 2.45) is 0 Å². The van der Waals surface area contributed by atoms with Gasteiger partial charge in [-0.25, -0.2) is 9.13 Å². The maximum Gasteiger partial charge on any atom is 0.254 e. The second-order valence-electron chi connectivity index (χ2n) is 9.95. The van der Waals surface area contributed by atoms with E-state index >= 15 is 0 Å². The zero-order chi connectivity index (χ0) is 29.1. The molecule has 1 aromatic heterocycles. The first kappa shape index (κ1) is 33.0. The molecule has 1 heterocycles. The van der Waals surface area contributed by atoms with Gasteiger partial charge in [-0.05, 0) is 38.8 Å². The Hall–Kier alpha value is -2.16. The number of nitrogens with zero attached hydrogens (tertiary/aromatic N) is 3. The molecule has 12 heteroatoms. The molecule has 0 aliphatic heterocycles. The van der Waals surface area contributed by atoms with Gasteiger partial charge in [0.05, 0.1) is 37.5 Å². The molecule has 0 spiro atoms. The number of aliphatic hydroxyl groups is 7. The minimum absolute atomic E-state index is 0.00344. The number of nitrogens with one attached hydrogen (secondary N) is 1. The van der Waals surface area contributed by atoms with Crippen molar-refractivity contribution >= 4 is 16.9 Å². The van der Waals surface area contributed by atoms with Gasteiger partial charge in [-0.1, -0.05) is 0 Å². The fourth-order valence-corrected chi connectivity index (χ4v) is 4.97. The molecule has 12 nitrogen and oxygen atoms in total. The molecule has 3 unspecified atom stereocenters. The number of carbonyl (C=O) groups excluding carboxylic acids is 1. The highest BCUT2D eigenvalue weighted by Gasteiger charge is 2.27. The number of rotatable bonds is 18. The van der Waals surface area contributed by atoms with Gasteiger partial charge in [0.25, 0.3) is 11.7 Å². The number of fused-ring (bicyclic) bond motifs is 1. The average molecular weight is 556 g/mol. The molecular formula is C27H47N4O8+. The topological polar surface area (TPSA) is 183 Å². The van der Waals surface area contributed by atoms with Crippen LogP contribution in [0.5, 0.6) is 0 Å². The van der Waals surface area contributed by atoms with Crippen LogP contribution in [0.15, 0.2) is 18.2 Å². The zero-order valence-corrected chi connectivity index (χ0v) is 23.3. The van der Waals surface area contributed by atoms with Gasteiger partial charge < -0.3 is 41.1 Å². The summed E-state index contributed by atoms with van der Waals surface area (Å²) >= 11 is 0. The minimum Gasteiger partial charge on any atom is -0.396 e. The SMILES string of the molecule is CCn1c(C)[n+](CC)c2ccc(C(=O)NCCN(CC(O)C[C@H](O)CCO)C[C@H](O)C(O)C(O)CCO)cc21. The largest absolute Gasteiger partial charge is 0.396 e. The van der Waals surface area contributed by atoms with Crippen LogP contribution in [0, 0.1) is 6.92 Å². The second kappa shape index (κ2) is 16.2. The van der Waals surface area contributed by atoms with Gasteiger partial charge in [0.2, 0.25) is 0 Å². The number of imidazole rings is 1. The van der Waals surface area contributed by atoms with Gasteiger partial charge in [0.15, 0.2) is 11.0 Å². The van der Waals surface area contributed by atoms with Crippen LogP contribution in [0.2, 0.25) is 0 Å². The summed E-state index contributed by atoms with van der Waals surface area (Å²) in [6.45, 7) is 7.47. The molecule has 39 heavy (non-hydrogen) atoms. The summed E-state index contributed by atoms with van der Waals surface area (Å²) in [5.74, 6) is 0.829. The minimum atomic E-state index is -1.51. The maximum absolute atomic E-state index is 13.0. The first-order chi connectivity index (χ1) is 18.6. The van der Waals surface area contributed by atoms with Gasteiger partial charge in [0, 0.05) is 64.4 Å². The van der Waals surface area contributed by atoms with Crippen LogP contribution in [0.1, 0.15) is 49.3 Å². The number of aromatic nitrogens is 2. The molecule has 0 aliphatic carbocycles. The van der Waals surface area contributed by atoms with Crippen LogP contribution in [0.25, 0.3) is 11.0 Å².